The van der Waals surface area contributed by atoms with Crippen molar-refractivity contribution in [2.24, 2.45) is 5.73 Å². The molecule has 0 radical (unpaired) electrons. The number of amides is 1. The van der Waals surface area contributed by atoms with Gasteiger partial charge in [0.2, 0.25) is 0 Å². The van der Waals surface area contributed by atoms with E-state index in [0.717, 1.165) is 61.4 Å². The fourth-order valence-electron chi connectivity index (χ4n) is 4.66. The highest BCUT2D eigenvalue weighted by Gasteiger charge is 2.26. The summed E-state index contributed by atoms with van der Waals surface area (Å²) in [5.41, 5.74) is 7.03. The highest BCUT2D eigenvalue weighted by atomic mass is 16.6. The molecule has 3 heterocycles. The normalized spacial score (nSPS) is 21.5. The highest BCUT2D eigenvalue weighted by Crippen LogP contribution is 2.28. The Morgan fingerprint density at radius 2 is 1.85 bits per heavy atom. The number of hydrogen-bond acceptors (Lipinski definition) is 10. The van der Waals surface area contributed by atoms with Gasteiger partial charge in [0.15, 0.2) is 6.29 Å². The van der Waals surface area contributed by atoms with Crippen molar-refractivity contribution in [2.75, 3.05) is 51.3 Å². The zero-order chi connectivity index (χ0) is 29.2. The number of carbonyl (C=O) groups is 1. The van der Waals surface area contributed by atoms with Crippen LogP contribution in [0.2, 0.25) is 0 Å². The average molecular weight is 565 g/mol. The Bertz CT molecular complexity index is 1370. The van der Waals surface area contributed by atoms with Crippen LogP contribution in [0.25, 0.3) is 28.2 Å². The van der Waals surface area contributed by atoms with Crippen LogP contribution >= 0.6 is 0 Å². The third-order valence-corrected chi connectivity index (χ3v) is 6.85. The molecular formula is C30H36N4O7. The summed E-state index contributed by atoms with van der Waals surface area (Å²) in [5, 5.41) is 41.2. The molecule has 11 nitrogen and oxygen atoms in total. The first-order valence-corrected chi connectivity index (χ1v) is 13.6. The molecule has 11 heteroatoms. The number of benzene rings is 2. The number of primary amides is 1. The van der Waals surface area contributed by atoms with Crippen molar-refractivity contribution in [3.05, 3.63) is 59.9 Å². The summed E-state index contributed by atoms with van der Waals surface area (Å²) in [7, 11) is 0. The molecule has 5 rings (SSSR count). The third kappa shape index (κ3) is 8.86. The van der Waals surface area contributed by atoms with Gasteiger partial charge in [-0.2, -0.15) is 5.26 Å². The summed E-state index contributed by atoms with van der Waals surface area (Å²) < 4.78 is 16.0. The Morgan fingerprint density at radius 1 is 1.10 bits per heavy atom. The Hall–Kier alpha value is -3.76. The predicted octanol–water partition coefficient (Wildman–Crippen LogP) is 2.07. The van der Waals surface area contributed by atoms with E-state index in [0.29, 0.717) is 17.9 Å². The van der Waals surface area contributed by atoms with Gasteiger partial charge in [0.05, 0.1) is 32.0 Å². The molecule has 3 unspecified atom stereocenters. The van der Waals surface area contributed by atoms with Gasteiger partial charge in [-0.25, -0.2) is 0 Å². The lowest BCUT2D eigenvalue weighted by atomic mass is 10.0. The molecule has 218 valence electrons. The topological polar surface area (TPSA) is 174 Å². The van der Waals surface area contributed by atoms with Gasteiger partial charge in [0, 0.05) is 56.3 Å². The van der Waals surface area contributed by atoms with Crippen molar-refractivity contribution in [1.29, 1.82) is 5.26 Å². The number of morpholine rings is 1. The van der Waals surface area contributed by atoms with Crippen molar-refractivity contribution in [3.63, 3.8) is 0 Å². The average Bonchev–Trinajstić information content (AvgIpc) is 3.44. The molecule has 2 aliphatic heterocycles. The van der Waals surface area contributed by atoms with E-state index in [1.165, 1.54) is 6.08 Å². The molecule has 2 fully saturated rings. The molecule has 1 amide bonds. The van der Waals surface area contributed by atoms with Gasteiger partial charge in [0.25, 0.3) is 5.91 Å². The number of fused-ring (bicyclic) bond motifs is 1. The molecule has 2 saturated heterocycles. The zero-order valence-corrected chi connectivity index (χ0v) is 22.7. The summed E-state index contributed by atoms with van der Waals surface area (Å²) in [4.78, 5) is 13.6. The number of aliphatic hydroxyl groups is 3. The molecule has 6 N–H and O–H groups in total. The Balaban J connectivity index is 0.000000328. The minimum Gasteiger partial charge on any atom is -0.457 e. The number of nitrogens with two attached hydrogens (primary N) is 1. The maximum absolute atomic E-state index is 11.2. The molecule has 3 aromatic rings. The van der Waals surface area contributed by atoms with Crippen LogP contribution in [0.3, 0.4) is 0 Å². The van der Waals surface area contributed by atoms with Crippen LogP contribution in [0.5, 0.6) is 0 Å². The first kappa shape index (κ1) is 30.2. The first-order chi connectivity index (χ1) is 19.8. The van der Waals surface area contributed by atoms with E-state index in [1.807, 2.05) is 12.1 Å². The second kappa shape index (κ2) is 14.7. The number of rotatable bonds is 8. The highest BCUT2D eigenvalue weighted by molar-refractivity contribution is 6.00. The smallest absolute Gasteiger partial charge is 0.259 e. The summed E-state index contributed by atoms with van der Waals surface area (Å²) in [6, 6.07) is 17.7. The Morgan fingerprint density at radius 3 is 2.56 bits per heavy atom. The molecule has 41 heavy (non-hydrogen) atoms. The zero-order valence-electron chi connectivity index (χ0n) is 22.7. The summed E-state index contributed by atoms with van der Waals surface area (Å²) >= 11 is 0. The number of furan rings is 1. The fourth-order valence-corrected chi connectivity index (χ4v) is 4.66. The van der Waals surface area contributed by atoms with Crippen LogP contribution in [0.1, 0.15) is 18.6 Å². The van der Waals surface area contributed by atoms with Gasteiger partial charge in [-0.1, -0.05) is 18.2 Å². The fraction of sp³-hybridized carbons (Fsp3) is 0.400. The van der Waals surface area contributed by atoms with E-state index in [1.54, 1.807) is 12.1 Å². The number of ether oxygens (including phenoxy) is 2. The van der Waals surface area contributed by atoms with Crippen LogP contribution in [-0.4, -0.2) is 90.6 Å². The lowest BCUT2D eigenvalue weighted by Crippen LogP contribution is -2.38. The first-order valence-electron chi connectivity index (χ1n) is 13.6. The largest absolute Gasteiger partial charge is 0.457 e. The molecular weight excluding hydrogens is 528 g/mol. The van der Waals surface area contributed by atoms with Gasteiger partial charge in [-0.05, 0) is 41.1 Å². The molecule has 0 spiro atoms. The molecule has 2 aliphatic rings. The van der Waals surface area contributed by atoms with Crippen molar-refractivity contribution in [3.8, 4) is 17.4 Å². The quantitative estimate of drug-likeness (QED) is 0.201. The molecule has 1 aromatic heterocycles. The molecule has 0 bridgehead atoms. The van der Waals surface area contributed by atoms with Gasteiger partial charge in [-0.3, -0.25) is 9.69 Å². The van der Waals surface area contributed by atoms with Crippen molar-refractivity contribution < 1.29 is 34.0 Å². The van der Waals surface area contributed by atoms with E-state index in [9.17, 15) is 4.79 Å². The number of aliphatic hydroxyl groups excluding tert-OH is 3. The maximum atomic E-state index is 11.2. The SMILES string of the molecule is N#C/C(=C\c1ccc(-c2ccc3cc(NCCN4CCOCC4)ccc3c2)o1)C(N)=O.OCC1CC(O)CC(O)O1. The number of hydrogen-bond donors (Lipinski definition) is 5. The van der Waals surface area contributed by atoms with Crippen molar-refractivity contribution in [2.45, 2.75) is 31.3 Å². The van der Waals surface area contributed by atoms with Crippen LogP contribution in [0.4, 0.5) is 5.69 Å². The molecule has 0 saturated carbocycles. The minimum atomic E-state index is -0.916. The molecule has 3 atom stereocenters. The van der Waals surface area contributed by atoms with Crippen LogP contribution < -0.4 is 11.1 Å². The summed E-state index contributed by atoms with van der Waals surface area (Å²) in [6.07, 6.45) is 0.145. The number of nitriles is 1. The number of anilines is 1. The van der Waals surface area contributed by atoms with Gasteiger partial charge >= 0.3 is 0 Å². The minimum absolute atomic E-state index is 0.145. The predicted molar refractivity (Wildman–Crippen MR) is 153 cm³/mol. The van der Waals surface area contributed by atoms with Crippen molar-refractivity contribution in [1.82, 2.24) is 4.90 Å². The second-order valence-corrected chi connectivity index (χ2v) is 9.91. The molecule has 2 aromatic carbocycles. The third-order valence-electron chi connectivity index (χ3n) is 6.85. The van der Waals surface area contributed by atoms with Gasteiger partial charge < -0.3 is 40.3 Å². The second-order valence-electron chi connectivity index (χ2n) is 9.91. The van der Waals surface area contributed by atoms with Crippen LogP contribution in [0, 0.1) is 11.3 Å². The van der Waals surface area contributed by atoms with E-state index in [4.69, 9.17) is 40.2 Å². The molecule has 0 aliphatic carbocycles. The van der Waals surface area contributed by atoms with Crippen LogP contribution in [-0.2, 0) is 14.3 Å². The number of nitrogens with zero attached hydrogens (tertiary/aromatic N) is 2. The van der Waals surface area contributed by atoms with E-state index in [-0.39, 0.29) is 18.6 Å². The standard InChI is InChI=1S/C24H24N4O3.C6H12O4/c25-16-20(24(26)29)15-22-5-6-23(31-22)19-2-1-18-14-21(4-3-17(18)13-19)27-7-8-28-9-11-30-12-10-28;7-3-5-1-4(8)2-6(9)10-5/h1-6,13-15,27H,7-12H2,(H2,26,29);4-9H,1-3H2/b20-15+;. The number of carbonyl (C=O) groups excluding carboxylic acids is 1. The Kier molecular flexibility index (Phi) is 10.9. The summed E-state index contributed by atoms with van der Waals surface area (Å²) in [5.74, 6) is 0.286. The monoisotopic (exact) mass is 564 g/mol. The lowest BCUT2D eigenvalue weighted by molar-refractivity contribution is -0.197. The van der Waals surface area contributed by atoms with Crippen LogP contribution in [0.15, 0.2) is 58.5 Å². The maximum Gasteiger partial charge on any atom is 0.259 e. The van der Waals surface area contributed by atoms with Gasteiger partial charge in [-0.15, -0.1) is 0 Å². The van der Waals surface area contributed by atoms with Gasteiger partial charge in [0.1, 0.15) is 23.2 Å². The summed E-state index contributed by atoms with van der Waals surface area (Å²) in [6.45, 7) is 5.36. The van der Waals surface area contributed by atoms with E-state index >= 15 is 0 Å². The van der Waals surface area contributed by atoms with E-state index < -0.39 is 24.4 Å². The van der Waals surface area contributed by atoms with E-state index in [2.05, 4.69) is 40.5 Å². The Labute approximate surface area is 238 Å². The number of nitrogens with one attached hydrogen (secondary N) is 1. The lowest BCUT2D eigenvalue weighted by Gasteiger charge is -2.28. The van der Waals surface area contributed by atoms with Crippen molar-refractivity contribution >= 4 is 28.4 Å².